The van der Waals surface area contributed by atoms with Crippen molar-refractivity contribution in [2.75, 3.05) is 5.32 Å². The van der Waals surface area contributed by atoms with Gasteiger partial charge in [0, 0.05) is 17.6 Å². The summed E-state index contributed by atoms with van der Waals surface area (Å²) in [5.41, 5.74) is -1.23. The van der Waals surface area contributed by atoms with Crippen LogP contribution in [0.25, 0.3) is 10.9 Å². The van der Waals surface area contributed by atoms with Crippen LogP contribution < -0.4 is 5.32 Å². The number of aromatic amines is 1. The highest BCUT2D eigenvalue weighted by atomic mass is 19.4. The molecule has 3 aromatic rings. The Balaban J connectivity index is 1.86. The second-order valence-corrected chi connectivity index (χ2v) is 4.75. The van der Waals surface area contributed by atoms with Gasteiger partial charge in [0.15, 0.2) is 17.3 Å². The molecule has 2 aromatic heterocycles. The Bertz CT molecular complexity index is 917. The number of alkyl halides is 3. The summed E-state index contributed by atoms with van der Waals surface area (Å²) in [6, 6.07) is 1.80. The number of nitrogens with one attached hydrogen (secondary N) is 2. The number of hydrogen-bond donors (Lipinski definition) is 2. The van der Waals surface area contributed by atoms with Gasteiger partial charge < -0.3 is 10.3 Å². The molecule has 5 nitrogen and oxygen atoms in total. The Morgan fingerprint density at radius 1 is 1.08 bits per heavy atom. The minimum absolute atomic E-state index is 0.121. The second-order valence-electron chi connectivity index (χ2n) is 4.75. The van der Waals surface area contributed by atoms with E-state index in [1.165, 1.54) is 6.20 Å². The van der Waals surface area contributed by atoms with E-state index >= 15 is 0 Å². The number of H-pyrrole nitrogens is 1. The Kier molecular flexibility index (Phi) is 3.66. The van der Waals surface area contributed by atoms with Crippen molar-refractivity contribution in [3.8, 4) is 0 Å². The lowest BCUT2D eigenvalue weighted by Crippen LogP contribution is -2.16. The first-order chi connectivity index (χ1) is 11.3. The normalized spacial score (nSPS) is 11.7. The lowest BCUT2D eigenvalue weighted by atomic mass is 10.2. The van der Waals surface area contributed by atoms with Gasteiger partial charge >= 0.3 is 6.18 Å². The number of nitrogens with zero attached hydrogens (tertiary/aromatic N) is 2. The number of halogens is 5. The molecule has 0 saturated heterocycles. The first kappa shape index (κ1) is 15.8. The number of carbonyl (C=O) groups excluding carboxylic acids is 1. The van der Waals surface area contributed by atoms with Gasteiger partial charge in [-0.15, -0.1) is 0 Å². The van der Waals surface area contributed by atoms with Gasteiger partial charge in [0.05, 0.1) is 23.6 Å². The van der Waals surface area contributed by atoms with Gasteiger partial charge in [-0.1, -0.05) is 0 Å². The van der Waals surface area contributed by atoms with Gasteiger partial charge in [-0.05, 0) is 6.07 Å². The molecule has 0 bridgehead atoms. The molecule has 0 spiro atoms. The summed E-state index contributed by atoms with van der Waals surface area (Å²) in [6.07, 6.45) is -2.27. The predicted molar refractivity (Wildman–Crippen MR) is 73.2 cm³/mol. The lowest BCUT2D eigenvalue weighted by Gasteiger charge is -2.06. The van der Waals surface area contributed by atoms with Gasteiger partial charge in [0.25, 0.3) is 5.91 Å². The molecule has 3 rings (SSSR count). The second kappa shape index (κ2) is 5.55. The quantitative estimate of drug-likeness (QED) is 0.700. The molecule has 1 amide bonds. The molecule has 2 N–H and O–H groups in total. The fraction of sp³-hybridized carbons (Fsp3) is 0.0714. The van der Waals surface area contributed by atoms with Crippen LogP contribution in [0.15, 0.2) is 30.7 Å². The number of rotatable bonds is 2. The number of amides is 1. The van der Waals surface area contributed by atoms with E-state index in [4.69, 9.17) is 0 Å². The van der Waals surface area contributed by atoms with Crippen LogP contribution in [0.5, 0.6) is 0 Å². The van der Waals surface area contributed by atoms with Crippen molar-refractivity contribution in [1.29, 1.82) is 0 Å². The summed E-state index contributed by atoms with van der Waals surface area (Å²) in [4.78, 5) is 21.1. The highest BCUT2D eigenvalue weighted by Gasteiger charge is 2.33. The average molecular weight is 342 g/mol. The summed E-state index contributed by atoms with van der Waals surface area (Å²) in [6.45, 7) is 0. The van der Waals surface area contributed by atoms with Gasteiger partial charge in [0.2, 0.25) is 0 Å². The number of aromatic nitrogens is 3. The van der Waals surface area contributed by atoms with Crippen molar-refractivity contribution >= 4 is 22.5 Å². The zero-order valence-electron chi connectivity index (χ0n) is 11.6. The van der Waals surface area contributed by atoms with Crippen LogP contribution in [0.4, 0.5) is 27.6 Å². The maximum absolute atomic E-state index is 13.3. The van der Waals surface area contributed by atoms with Crippen molar-refractivity contribution < 1.29 is 26.7 Å². The van der Waals surface area contributed by atoms with Crippen LogP contribution in [0.1, 0.15) is 16.2 Å². The molecule has 0 aliphatic rings. The Hall–Kier alpha value is -3.04. The average Bonchev–Trinajstić information content (AvgIpc) is 2.89. The molecular weight excluding hydrogens is 335 g/mol. The highest BCUT2D eigenvalue weighted by Crippen LogP contribution is 2.27. The molecule has 0 radical (unpaired) electrons. The first-order valence-electron chi connectivity index (χ1n) is 6.42. The monoisotopic (exact) mass is 342 g/mol. The SMILES string of the molecule is O=C(Nc1c[nH]c2cc(F)c(F)cc12)c1cnc(C(F)(F)F)cn1. The minimum atomic E-state index is -4.67. The summed E-state index contributed by atoms with van der Waals surface area (Å²) in [5.74, 6) is -3.01. The van der Waals surface area contributed by atoms with E-state index in [-0.39, 0.29) is 22.3 Å². The van der Waals surface area contributed by atoms with E-state index in [2.05, 4.69) is 20.3 Å². The fourth-order valence-corrected chi connectivity index (χ4v) is 2.00. The molecule has 1 aromatic carbocycles. The third kappa shape index (κ3) is 2.90. The largest absolute Gasteiger partial charge is 0.434 e. The van der Waals surface area contributed by atoms with E-state index in [0.29, 0.717) is 12.4 Å². The van der Waals surface area contributed by atoms with E-state index in [1.54, 1.807) is 0 Å². The minimum Gasteiger partial charge on any atom is -0.359 e. The molecule has 124 valence electrons. The van der Waals surface area contributed by atoms with Crippen molar-refractivity contribution in [3.63, 3.8) is 0 Å². The smallest absolute Gasteiger partial charge is 0.359 e. The summed E-state index contributed by atoms with van der Waals surface area (Å²) in [7, 11) is 0. The molecule has 0 aliphatic heterocycles. The Morgan fingerprint density at radius 3 is 2.42 bits per heavy atom. The number of benzene rings is 1. The molecule has 0 fully saturated rings. The van der Waals surface area contributed by atoms with Crippen molar-refractivity contribution in [2.24, 2.45) is 0 Å². The van der Waals surface area contributed by atoms with Crippen LogP contribution in [-0.2, 0) is 6.18 Å². The number of carbonyl (C=O) groups is 1. The predicted octanol–water partition coefficient (Wildman–Crippen LogP) is 3.51. The van der Waals surface area contributed by atoms with Crippen molar-refractivity contribution in [2.45, 2.75) is 6.18 Å². The third-order valence-corrected chi connectivity index (χ3v) is 3.15. The third-order valence-electron chi connectivity index (χ3n) is 3.15. The van der Waals surface area contributed by atoms with E-state index in [9.17, 15) is 26.7 Å². The van der Waals surface area contributed by atoms with Crippen molar-refractivity contribution in [1.82, 2.24) is 15.0 Å². The molecule has 10 heteroatoms. The summed E-state index contributed by atoms with van der Waals surface area (Å²) < 4.78 is 63.6. The standard InChI is InChI=1S/C14H7F5N4O/c15-7-1-6-9(2-8(7)16)20-3-10(6)23-13(24)11-4-22-12(5-21-11)14(17,18)19/h1-5,20H,(H,23,24). The fourth-order valence-electron chi connectivity index (χ4n) is 2.00. The van der Waals surface area contributed by atoms with E-state index < -0.39 is 29.4 Å². The van der Waals surface area contributed by atoms with E-state index in [1.807, 2.05) is 0 Å². The summed E-state index contributed by atoms with van der Waals surface area (Å²) in [5, 5.41) is 2.54. The zero-order valence-corrected chi connectivity index (χ0v) is 11.6. The van der Waals surface area contributed by atoms with Crippen LogP contribution in [0, 0.1) is 11.6 Å². The van der Waals surface area contributed by atoms with Gasteiger partial charge in [-0.2, -0.15) is 13.2 Å². The molecule has 0 unspecified atom stereocenters. The lowest BCUT2D eigenvalue weighted by molar-refractivity contribution is -0.141. The van der Waals surface area contributed by atoms with Crippen LogP contribution in [0.2, 0.25) is 0 Å². The van der Waals surface area contributed by atoms with Gasteiger partial charge in [-0.25, -0.2) is 18.7 Å². The van der Waals surface area contributed by atoms with E-state index in [0.717, 1.165) is 12.1 Å². The number of anilines is 1. The zero-order chi connectivity index (χ0) is 17.5. The van der Waals surface area contributed by atoms with Crippen LogP contribution in [-0.4, -0.2) is 20.9 Å². The van der Waals surface area contributed by atoms with Gasteiger partial charge in [0.1, 0.15) is 5.69 Å². The molecular formula is C14H7F5N4O. The molecule has 0 saturated carbocycles. The summed E-state index contributed by atoms with van der Waals surface area (Å²) >= 11 is 0. The number of fused-ring (bicyclic) bond motifs is 1. The van der Waals surface area contributed by atoms with Crippen LogP contribution in [0.3, 0.4) is 0 Å². The first-order valence-corrected chi connectivity index (χ1v) is 6.42. The Labute approximate surface area is 130 Å². The molecule has 0 atom stereocenters. The highest BCUT2D eigenvalue weighted by molar-refractivity contribution is 6.07. The maximum Gasteiger partial charge on any atom is 0.434 e. The van der Waals surface area contributed by atoms with Gasteiger partial charge in [-0.3, -0.25) is 4.79 Å². The van der Waals surface area contributed by atoms with Crippen molar-refractivity contribution in [3.05, 3.63) is 53.7 Å². The molecule has 24 heavy (non-hydrogen) atoms. The maximum atomic E-state index is 13.3. The topological polar surface area (TPSA) is 70.7 Å². The Morgan fingerprint density at radius 2 is 1.79 bits per heavy atom. The molecule has 0 aliphatic carbocycles. The van der Waals surface area contributed by atoms with Crippen LogP contribution >= 0.6 is 0 Å². The molecule has 2 heterocycles. The number of hydrogen-bond acceptors (Lipinski definition) is 3.